The van der Waals surface area contributed by atoms with Crippen molar-refractivity contribution in [3.05, 3.63) is 0 Å². The van der Waals surface area contributed by atoms with Crippen molar-refractivity contribution < 1.29 is 10.2 Å². The Kier molecular flexibility index (Phi) is 4.53. The Morgan fingerprint density at radius 3 is 2.17 bits per heavy atom. The summed E-state index contributed by atoms with van der Waals surface area (Å²) in [6, 6.07) is 0.572. The standard InChI is InChI=1S/C8H18N2O2/c11-5-3-10(4-6-12)7-8-1-2-9-8/h8-9,11-12H,1-7H2. The molecule has 12 heavy (non-hydrogen) atoms. The molecule has 3 N–H and O–H groups in total. The lowest BCUT2D eigenvalue weighted by Gasteiger charge is -2.33. The number of rotatable bonds is 6. The molecule has 4 heteroatoms. The molecular weight excluding hydrogens is 156 g/mol. The summed E-state index contributed by atoms with van der Waals surface area (Å²) in [6.07, 6.45) is 1.22. The third-order valence-corrected chi connectivity index (χ3v) is 2.24. The number of nitrogens with zero attached hydrogens (tertiary/aromatic N) is 1. The maximum Gasteiger partial charge on any atom is 0.0558 e. The molecule has 0 radical (unpaired) electrons. The van der Waals surface area contributed by atoms with E-state index in [1.165, 1.54) is 6.42 Å². The Morgan fingerprint density at radius 2 is 1.83 bits per heavy atom. The maximum absolute atomic E-state index is 8.72. The SMILES string of the molecule is OCCN(CCO)CC1CCN1. The topological polar surface area (TPSA) is 55.7 Å². The molecule has 0 amide bonds. The second-order valence-corrected chi connectivity index (χ2v) is 3.19. The number of aliphatic hydroxyl groups excluding tert-OH is 2. The zero-order valence-corrected chi connectivity index (χ0v) is 7.37. The first-order valence-corrected chi connectivity index (χ1v) is 4.54. The summed E-state index contributed by atoms with van der Waals surface area (Å²) in [5.41, 5.74) is 0. The fraction of sp³-hybridized carbons (Fsp3) is 1.00. The first-order valence-electron chi connectivity index (χ1n) is 4.54. The second kappa shape index (κ2) is 5.48. The predicted octanol–water partition coefficient (Wildman–Crippen LogP) is -1.37. The van der Waals surface area contributed by atoms with Gasteiger partial charge in [-0.1, -0.05) is 0 Å². The number of aliphatic hydroxyl groups is 2. The minimum atomic E-state index is 0.173. The lowest BCUT2D eigenvalue weighted by molar-refractivity contribution is 0.138. The Hall–Kier alpha value is -0.160. The van der Waals surface area contributed by atoms with Gasteiger partial charge in [0, 0.05) is 25.7 Å². The summed E-state index contributed by atoms with van der Waals surface area (Å²) in [5, 5.41) is 20.7. The summed E-state index contributed by atoms with van der Waals surface area (Å²) in [5.74, 6) is 0. The molecule has 1 aliphatic rings. The van der Waals surface area contributed by atoms with Crippen LogP contribution in [-0.4, -0.2) is 60.5 Å². The fourth-order valence-electron chi connectivity index (χ4n) is 1.39. The average Bonchev–Trinajstić information content (AvgIpc) is 1.97. The largest absolute Gasteiger partial charge is 0.395 e. The maximum atomic E-state index is 8.72. The minimum absolute atomic E-state index is 0.173. The minimum Gasteiger partial charge on any atom is -0.395 e. The van der Waals surface area contributed by atoms with E-state index in [-0.39, 0.29) is 13.2 Å². The van der Waals surface area contributed by atoms with Crippen molar-refractivity contribution in [1.29, 1.82) is 0 Å². The predicted molar refractivity (Wildman–Crippen MR) is 47.0 cm³/mol. The molecule has 0 saturated carbocycles. The van der Waals surface area contributed by atoms with Crippen molar-refractivity contribution in [2.45, 2.75) is 12.5 Å². The number of nitrogens with one attached hydrogen (secondary N) is 1. The van der Waals surface area contributed by atoms with Gasteiger partial charge in [0.05, 0.1) is 13.2 Å². The highest BCUT2D eigenvalue weighted by Crippen LogP contribution is 2.03. The van der Waals surface area contributed by atoms with Gasteiger partial charge in [-0.25, -0.2) is 0 Å². The van der Waals surface area contributed by atoms with Gasteiger partial charge in [-0.05, 0) is 13.0 Å². The summed E-state index contributed by atoms with van der Waals surface area (Å²) >= 11 is 0. The van der Waals surface area contributed by atoms with Crippen LogP contribution in [0.1, 0.15) is 6.42 Å². The van der Waals surface area contributed by atoms with Gasteiger partial charge in [0.25, 0.3) is 0 Å². The Bertz CT molecular complexity index is 112. The third kappa shape index (κ3) is 3.06. The normalized spacial score (nSPS) is 22.8. The third-order valence-electron chi connectivity index (χ3n) is 2.24. The first-order chi connectivity index (χ1) is 5.86. The van der Waals surface area contributed by atoms with E-state index >= 15 is 0 Å². The number of hydrogen-bond acceptors (Lipinski definition) is 4. The molecule has 0 aromatic carbocycles. The lowest BCUT2D eigenvalue weighted by Crippen LogP contribution is -2.51. The van der Waals surface area contributed by atoms with Crippen LogP contribution < -0.4 is 5.32 Å². The van der Waals surface area contributed by atoms with Gasteiger partial charge in [0.15, 0.2) is 0 Å². The van der Waals surface area contributed by atoms with Crippen LogP contribution in [0.4, 0.5) is 0 Å². The summed E-state index contributed by atoms with van der Waals surface area (Å²) in [6.45, 7) is 3.73. The van der Waals surface area contributed by atoms with Crippen LogP contribution in [-0.2, 0) is 0 Å². The summed E-state index contributed by atoms with van der Waals surface area (Å²) in [4.78, 5) is 2.08. The highest BCUT2D eigenvalue weighted by atomic mass is 16.3. The van der Waals surface area contributed by atoms with Gasteiger partial charge < -0.3 is 15.5 Å². The molecule has 0 spiro atoms. The zero-order valence-electron chi connectivity index (χ0n) is 7.37. The zero-order chi connectivity index (χ0) is 8.81. The van der Waals surface area contributed by atoms with Crippen molar-refractivity contribution in [2.24, 2.45) is 0 Å². The van der Waals surface area contributed by atoms with E-state index in [9.17, 15) is 0 Å². The van der Waals surface area contributed by atoms with Crippen molar-refractivity contribution in [3.8, 4) is 0 Å². The fourth-order valence-corrected chi connectivity index (χ4v) is 1.39. The van der Waals surface area contributed by atoms with Gasteiger partial charge in [-0.3, -0.25) is 4.90 Å². The summed E-state index contributed by atoms with van der Waals surface area (Å²) in [7, 11) is 0. The molecule has 1 saturated heterocycles. The van der Waals surface area contributed by atoms with Crippen LogP contribution in [0.15, 0.2) is 0 Å². The van der Waals surface area contributed by atoms with E-state index in [1.807, 2.05) is 0 Å². The molecule has 1 heterocycles. The van der Waals surface area contributed by atoms with Crippen LogP contribution in [0.2, 0.25) is 0 Å². The molecule has 0 aliphatic carbocycles. The van der Waals surface area contributed by atoms with E-state index in [4.69, 9.17) is 10.2 Å². The van der Waals surface area contributed by atoms with Gasteiger partial charge >= 0.3 is 0 Å². The highest BCUT2D eigenvalue weighted by Gasteiger charge is 2.18. The number of hydrogen-bond donors (Lipinski definition) is 3. The van der Waals surface area contributed by atoms with Gasteiger partial charge in [0.2, 0.25) is 0 Å². The molecule has 0 bridgehead atoms. The van der Waals surface area contributed by atoms with Crippen molar-refractivity contribution >= 4 is 0 Å². The van der Waals surface area contributed by atoms with E-state index in [0.29, 0.717) is 19.1 Å². The van der Waals surface area contributed by atoms with Crippen LogP contribution in [0.3, 0.4) is 0 Å². The second-order valence-electron chi connectivity index (χ2n) is 3.19. The van der Waals surface area contributed by atoms with Gasteiger partial charge in [0.1, 0.15) is 0 Å². The molecule has 72 valence electrons. The van der Waals surface area contributed by atoms with Crippen LogP contribution in [0.5, 0.6) is 0 Å². The van der Waals surface area contributed by atoms with Crippen LogP contribution >= 0.6 is 0 Å². The van der Waals surface area contributed by atoms with E-state index in [1.54, 1.807) is 0 Å². The van der Waals surface area contributed by atoms with E-state index < -0.39 is 0 Å². The van der Waals surface area contributed by atoms with E-state index in [0.717, 1.165) is 13.1 Å². The molecule has 1 atom stereocenters. The molecule has 4 nitrogen and oxygen atoms in total. The monoisotopic (exact) mass is 174 g/mol. The molecule has 1 rings (SSSR count). The quantitative estimate of drug-likeness (QED) is 0.465. The van der Waals surface area contributed by atoms with Gasteiger partial charge in [-0.15, -0.1) is 0 Å². The van der Waals surface area contributed by atoms with Crippen LogP contribution in [0.25, 0.3) is 0 Å². The van der Waals surface area contributed by atoms with Crippen molar-refractivity contribution in [3.63, 3.8) is 0 Å². The van der Waals surface area contributed by atoms with Gasteiger partial charge in [-0.2, -0.15) is 0 Å². The molecule has 1 unspecified atom stereocenters. The Morgan fingerprint density at radius 1 is 1.25 bits per heavy atom. The lowest BCUT2D eigenvalue weighted by atomic mass is 10.1. The Labute approximate surface area is 73.2 Å². The smallest absolute Gasteiger partial charge is 0.0558 e. The Balaban J connectivity index is 2.11. The molecular formula is C8H18N2O2. The average molecular weight is 174 g/mol. The summed E-state index contributed by atoms with van der Waals surface area (Å²) < 4.78 is 0. The van der Waals surface area contributed by atoms with Crippen molar-refractivity contribution in [2.75, 3.05) is 39.4 Å². The molecule has 0 aromatic heterocycles. The van der Waals surface area contributed by atoms with Crippen LogP contribution in [0, 0.1) is 0 Å². The molecule has 1 fully saturated rings. The van der Waals surface area contributed by atoms with E-state index in [2.05, 4.69) is 10.2 Å². The first kappa shape index (κ1) is 9.92. The molecule has 1 aliphatic heterocycles. The molecule has 0 aromatic rings. The highest BCUT2D eigenvalue weighted by molar-refractivity contribution is 4.80. The van der Waals surface area contributed by atoms with Crippen molar-refractivity contribution in [1.82, 2.24) is 10.2 Å².